The summed E-state index contributed by atoms with van der Waals surface area (Å²) in [5, 5.41) is 13.2. The summed E-state index contributed by atoms with van der Waals surface area (Å²) in [7, 11) is -4.14. The molecule has 0 saturated carbocycles. The molecule has 1 amide bonds. The Balaban J connectivity index is 1.25. The number of aromatic nitrogens is 4. The summed E-state index contributed by atoms with van der Waals surface area (Å²) < 4.78 is 34.3. The summed E-state index contributed by atoms with van der Waals surface area (Å²) >= 11 is 0. The summed E-state index contributed by atoms with van der Waals surface area (Å²) in [6, 6.07) is 19.4. The van der Waals surface area contributed by atoms with Crippen LogP contribution in [-0.4, -0.2) is 66.2 Å². The smallest absolute Gasteiger partial charge is 0.326 e. The number of aromatic amines is 2. The fourth-order valence-electron chi connectivity index (χ4n) is 4.18. The van der Waals surface area contributed by atoms with E-state index in [0.717, 1.165) is 22.0 Å². The summed E-state index contributed by atoms with van der Waals surface area (Å²) in [4.78, 5) is 32.8. The topological polar surface area (TPSA) is 171 Å². The summed E-state index contributed by atoms with van der Waals surface area (Å²) in [5.41, 5.74) is 2.88. The Morgan fingerprint density at radius 2 is 1.76 bits per heavy atom. The van der Waals surface area contributed by atoms with Crippen LogP contribution >= 0.6 is 0 Å². The number of sulfonamides is 1. The van der Waals surface area contributed by atoms with E-state index in [0.29, 0.717) is 24.5 Å². The van der Waals surface area contributed by atoms with Gasteiger partial charge in [-0.25, -0.2) is 13.4 Å². The Bertz CT molecular complexity index is 1740. The van der Waals surface area contributed by atoms with Crippen LogP contribution in [0.2, 0.25) is 0 Å². The first kappa shape index (κ1) is 28.5. The molecule has 5 rings (SSSR count). The molecule has 0 aliphatic heterocycles. The zero-order valence-corrected chi connectivity index (χ0v) is 23.2. The van der Waals surface area contributed by atoms with E-state index in [2.05, 4.69) is 35.5 Å². The van der Waals surface area contributed by atoms with Crippen LogP contribution in [0, 0.1) is 0 Å². The number of anilines is 1. The van der Waals surface area contributed by atoms with Gasteiger partial charge in [-0.05, 0) is 47.9 Å². The molecule has 0 radical (unpaired) electrons. The van der Waals surface area contributed by atoms with Crippen LogP contribution in [0.15, 0.2) is 96.3 Å². The molecule has 5 N–H and O–H groups in total. The molecule has 5 aromatic rings. The van der Waals surface area contributed by atoms with E-state index in [1.54, 1.807) is 48.9 Å². The van der Waals surface area contributed by atoms with E-state index in [1.807, 2.05) is 30.3 Å². The molecule has 1 unspecified atom stereocenters. The highest BCUT2D eigenvalue weighted by Gasteiger charge is 2.28. The third-order valence-corrected chi connectivity index (χ3v) is 7.87. The fourth-order valence-corrected chi connectivity index (χ4v) is 5.37. The van der Waals surface area contributed by atoms with Gasteiger partial charge in [-0.1, -0.05) is 42.5 Å². The lowest BCUT2D eigenvalue weighted by atomic mass is 10.1. The highest BCUT2D eigenvalue weighted by molar-refractivity contribution is 7.89. The molecule has 2 heterocycles. The second-order valence-electron chi connectivity index (χ2n) is 9.33. The number of rotatable bonds is 13. The largest absolute Gasteiger partial charge is 0.464 e. The van der Waals surface area contributed by atoms with Crippen LogP contribution < -0.4 is 15.4 Å². The second kappa shape index (κ2) is 13.1. The maximum atomic E-state index is 13.3. The van der Waals surface area contributed by atoms with Gasteiger partial charge in [0, 0.05) is 36.4 Å². The number of carbonyl (C=O) groups excluding carboxylic acids is 2. The molecule has 216 valence electrons. The first-order valence-electron chi connectivity index (χ1n) is 13.2. The van der Waals surface area contributed by atoms with Crippen LogP contribution in [0.25, 0.3) is 22.0 Å². The van der Waals surface area contributed by atoms with Crippen molar-refractivity contribution >= 4 is 38.8 Å². The average Bonchev–Trinajstić information content (AvgIpc) is 3.71. The monoisotopic (exact) mass is 587 g/mol. The zero-order valence-electron chi connectivity index (χ0n) is 22.4. The van der Waals surface area contributed by atoms with Crippen molar-refractivity contribution in [1.82, 2.24) is 30.2 Å². The van der Waals surface area contributed by atoms with Crippen LogP contribution in [-0.2, 0) is 19.6 Å². The van der Waals surface area contributed by atoms with Crippen molar-refractivity contribution in [1.29, 1.82) is 0 Å². The summed E-state index contributed by atoms with van der Waals surface area (Å²) in [6.07, 6.45) is 5.32. The standard InChI is InChI=1S/C29H29N7O5S/c37-27(22-9-12-25-23(17-22)18-34-35-25)33-19-26(28(38)41-16-4-13-30-29-31-14-15-32-29)36-42(39,40)24-10-7-21(8-11-24)20-5-2-1-3-6-20/h1-3,5-12,14-15,17-18,26,36H,4,13,16,19H2,(H,33,37)(H,34,35)(H2,30,31,32). The molecule has 0 saturated heterocycles. The molecule has 0 aliphatic carbocycles. The van der Waals surface area contributed by atoms with Gasteiger partial charge in [0.1, 0.15) is 6.04 Å². The number of nitrogens with zero attached hydrogens (tertiary/aromatic N) is 2. The number of imidazole rings is 1. The van der Waals surface area contributed by atoms with E-state index in [-0.39, 0.29) is 18.0 Å². The molecule has 0 aliphatic rings. The Morgan fingerprint density at radius 1 is 0.976 bits per heavy atom. The second-order valence-corrected chi connectivity index (χ2v) is 11.0. The lowest BCUT2D eigenvalue weighted by Gasteiger charge is -2.19. The van der Waals surface area contributed by atoms with Crippen molar-refractivity contribution in [2.24, 2.45) is 0 Å². The molecule has 13 heteroatoms. The van der Waals surface area contributed by atoms with Gasteiger partial charge in [0.25, 0.3) is 5.91 Å². The van der Waals surface area contributed by atoms with Gasteiger partial charge in [-0.2, -0.15) is 9.82 Å². The van der Waals surface area contributed by atoms with Crippen molar-refractivity contribution in [3.05, 3.63) is 97.0 Å². The van der Waals surface area contributed by atoms with Crippen molar-refractivity contribution in [2.45, 2.75) is 17.4 Å². The highest BCUT2D eigenvalue weighted by Crippen LogP contribution is 2.21. The Labute approximate surface area is 242 Å². The van der Waals surface area contributed by atoms with Gasteiger partial charge < -0.3 is 20.4 Å². The molecule has 0 spiro atoms. The number of nitrogens with one attached hydrogen (secondary N) is 5. The van der Waals surface area contributed by atoms with Gasteiger partial charge in [-0.15, -0.1) is 0 Å². The van der Waals surface area contributed by atoms with Gasteiger partial charge in [0.2, 0.25) is 10.0 Å². The average molecular weight is 588 g/mol. The third-order valence-electron chi connectivity index (χ3n) is 6.38. The summed E-state index contributed by atoms with van der Waals surface area (Å²) in [5.74, 6) is -0.713. The lowest BCUT2D eigenvalue weighted by Crippen LogP contribution is -2.49. The van der Waals surface area contributed by atoms with E-state index >= 15 is 0 Å². The zero-order chi connectivity index (χ0) is 29.4. The first-order valence-corrected chi connectivity index (χ1v) is 14.7. The maximum Gasteiger partial charge on any atom is 0.326 e. The SMILES string of the molecule is O=C(NCC(NS(=O)(=O)c1ccc(-c2ccccc2)cc1)C(=O)OCCCNc1ncc[nH]1)c1ccc2[nH]ncc2c1. The van der Waals surface area contributed by atoms with Crippen molar-refractivity contribution in [2.75, 3.05) is 25.0 Å². The van der Waals surface area contributed by atoms with Gasteiger partial charge in [0.15, 0.2) is 5.95 Å². The van der Waals surface area contributed by atoms with Crippen molar-refractivity contribution in [3.63, 3.8) is 0 Å². The fraction of sp³-hybridized carbons (Fsp3) is 0.172. The number of benzene rings is 3. The van der Waals surface area contributed by atoms with Crippen molar-refractivity contribution < 1.29 is 22.7 Å². The quantitative estimate of drug-likeness (QED) is 0.103. The first-order chi connectivity index (χ1) is 20.4. The van der Waals surface area contributed by atoms with E-state index in [9.17, 15) is 18.0 Å². The number of ether oxygens (including phenoxy) is 1. The van der Waals surface area contributed by atoms with E-state index in [4.69, 9.17) is 4.74 Å². The normalized spacial score (nSPS) is 12.1. The number of fused-ring (bicyclic) bond motifs is 1. The lowest BCUT2D eigenvalue weighted by molar-refractivity contribution is -0.145. The van der Waals surface area contributed by atoms with Crippen LogP contribution in [0.1, 0.15) is 16.8 Å². The molecule has 2 aromatic heterocycles. The minimum Gasteiger partial charge on any atom is -0.464 e. The van der Waals surface area contributed by atoms with Gasteiger partial charge in [-0.3, -0.25) is 14.7 Å². The molecular formula is C29H29N7O5S. The molecule has 12 nitrogen and oxygen atoms in total. The molecule has 0 bridgehead atoms. The third kappa shape index (κ3) is 7.19. The number of hydrogen-bond donors (Lipinski definition) is 5. The van der Waals surface area contributed by atoms with Crippen LogP contribution in [0.3, 0.4) is 0 Å². The molecular weight excluding hydrogens is 558 g/mol. The minimum atomic E-state index is -4.14. The minimum absolute atomic E-state index is 0.0284. The predicted octanol–water partition coefficient (Wildman–Crippen LogP) is 3.08. The molecule has 42 heavy (non-hydrogen) atoms. The molecule has 3 aromatic carbocycles. The van der Waals surface area contributed by atoms with Crippen LogP contribution in [0.4, 0.5) is 5.95 Å². The van der Waals surface area contributed by atoms with E-state index in [1.165, 1.54) is 12.1 Å². The number of esters is 1. The number of H-pyrrole nitrogens is 2. The van der Waals surface area contributed by atoms with E-state index < -0.39 is 27.9 Å². The number of carbonyl (C=O) groups is 2. The molecule has 1 atom stereocenters. The molecule has 0 fully saturated rings. The number of amides is 1. The maximum absolute atomic E-state index is 13.3. The number of hydrogen-bond acceptors (Lipinski definition) is 8. The summed E-state index contributed by atoms with van der Waals surface area (Å²) in [6.45, 7) is 0.173. The van der Waals surface area contributed by atoms with Gasteiger partial charge >= 0.3 is 5.97 Å². The van der Waals surface area contributed by atoms with Crippen LogP contribution in [0.5, 0.6) is 0 Å². The Hall–Kier alpha value is -5.01. The highest BCUT2D eigenvalue weighted by atomic mass is 32.2. The van der Waals surface area contributed by atoms with Gasteiger partial charge in [0.05, 0.1) is 23.2 Å². The predicted molar refractivity (Wildman–Crippen MR) is 157 cm³/mol. The van der Waals surface area contributed by atoms with Crippen molar-refractivity contribution in [3.8, 4) is 11.1 Å². The Kier molecular flexibility index (Phi) is 8.90. The Morgan fingerprint density at radius 3 is 2.52 bits per heavy atom.